The van der Waals surface area contributed by atoms with Gasteiger partial charge >= 0.3 is 0 Å². The Labute approximate surface area is 148 Å². The van der Waals surface area contributed by atoms with Gasteiger partial charge in [-0.25, -0.2) is 0 Å². The first kappa shape index (κ1) is 21.7. The third-order valence-corrected chi connectivity index (χ3v) is 4.41. The van der Waals surface area contributed by atoms with Gasteiger partial charge in [0, 0.05) is 32.2 Å². The smallest absolute Gasteiger partial charge is 0.0349 e. The minimum absolute atomic E-state index is 0. The number of halogens is 2. The van der Waals surface area contributed by atoms with Crippen molar-refractivity contribution in [3.8, 4) is 0 Å². The first-order valence-corrected chi connectivity index (χ1v) is 8.27. The number of hydrogen-bond acceptors (Lipinski definition) is 2. The number of benzene rings is 1. The van der Waals surface area contributed by atoms with Crippen molar-refractivity contribution in [1.29, 1.82) is 0 Å². The molecule has 1 heterocycles. The highest BCUT2D eigenvalue weighted by atomic mass is 35.5. The van der Waals surface area contributed by atoms with Crippen molar-refractivity contribution in [1.82, 2.24) is 10.2 Å². The van der Waals surface area contributed by atoms with Crippen LogP contribution in [-0.2, 0) is 0 Å². The Morgan fingerprint density at radius 3 is 2.05 bits per heavy atom. The molecule has 1 fully saturated rings. The van der Waals surface area contributed by atoms with Gasteiger partial charge in [-0.1, -0.05) is 57.9 Å². The Bertz CT molecular complexity index is 387. The molecule has 1 aromatic carbocycles. The summed E-state index contributed by atoms with van der Waals surface area (Å²) in [4.78, 5) is 2.66. The van der Waals surface area contributed by atoms with E-state index < -0.39 is 0 Å². The van der Waals surface area contributed by atoms with Crippen molar-refractivity contribution in [2.24, 2.45) is 0 Å². The van der Waals surface area contributed by atoms with Crippen LogP contribution in [-0.4, -0.2) is 31.1 Å². The second-order valence-electron chi connectivity index (χ2n) is 6.27. The van der Waals surface area contributed by atoms with Crippen molar-refractivity contribution < 1.29 is 0 Å². The molecule has 1 N–H and O–H groups in total. The molecule has 1 aromatic rings. The van der Waals surface area contributed by atoms with Gasteiger partial charge in [0.05, 0.1) is 0 Å². The van der Waals surface area contributed by atoms with Gasteiger partial charge in [0.2, 0.25) is 0 Å². The first-order valence-electron chi connectivity index (χ1n) is 8.27. The lowest BCUT2D eigenvalue weighted by atomic mass is 9.95. The molecule has 0 aromatic heterocycles. The standard InChI is InChI=1S/C18H30N2.2ClH/c1-4-5-6-18(20-13-11-19-12-14-20)17-9-7-16(8-10-17)15(2)3;;/h7-10,15,18-19H,4-6,11-14H2,1-3H3;2*1H/t18-;;/m1../s1. The molecular formula is C18H32Cl2N2. The molecular weight excluding hydrogens is 315 g/mol. The van der Waals surface area contributed by atoms with Gasteiger partial charge in [-0.3, -0.25) is 4.90 Å². The van der Waals surface area contributed by atoms with Crippen molar-refractivity contribution in [2.45, 2.75) is 52.0 Å². The molecule has 2 rings (SSSR count). The van der Waals surface area contributed by atoms with Gasteiger partial charge in [-0.15, -0.1) is 24.8 Å². The third kappa shape index (κ3) is 6.08. The lowest BCUT2D eigenvalue weighted by Gasteiger charge is -2.35. The second kappa shape index (κ2) is 11.3. The van der Waals surface area contributed by atoms with Crippen LogP contribution in [0.3, 0.4) is 0 Å². The maximum Gasteiger partial charge on any atom is 0.0349 e. The molecule has 22 heavy (non-hydrogen) atoms. The van der Waals surface area contributed by atoms with Crippen LogP contribution in [0.15, 0.2) is 24.3 Å². The van der Waals surface area contributed by atoms with Crippen molar-refractivity contribution in [3.63, 3.8) is 0 Å². The summed E-state index contributed by atoms with van der Waals surface area (Å²) in [5, 5.41) is 3.46. The summed E-state index contributed by atoms with van der Waals surface area (Å²) in [6, 6.07) is 9.97. The average Bonchev–Trinajstić information content (AvgIpc) is 2.49. The van der Waals surface area contributed by atoms with E-state index in [0.29, 0.717) is 12.0 Å². The predicted octanol–water partition coefficient (Wildman–Crippen LogP) is 4.79. The topological polar surface area (TPSA) is 15.3 Å². The summed E-state index contributed by atoms with van der Waals surface area (Å²) >= 11 is 0. The minimum atomic E-state index is 0. The largest absolute Gasteiger partial charge is 0.314 e. The van der Waals surface area contributed by atoms with E-state index in [-0.39, 0.29) is 24.8 Å². The SMILES string of the molecule is CCCC[C@H](c1ccc(C(C)C)cc1)N1CCNCC1.Cl.Cl. The van der Waals surface area contributed by atoms with Crippen LogP contribution in [0.25, 0.3) is 0 Å². The van der Waals surface area contributed by atoms with E-state index in [1.165, 1.54) is 43.5 Å². The fourth-order valence-corrected chi connectivity index (χ4v) is 3.05. The van der Waals surface area contributed by atoms with Crippen LogP contribution in [0.1, 0.15) is 63.1 Å². The number of nitrogens with one attached hydrogen (secondary N) is 1. The van der Waals surface area contributed by atoms with Crippen LogP contribution in [0, 0.1) is 0 Å². The third-order valence-electron chi connectivity index (χ3n) is 4.41. The van der Waals surface area contributed by atoms with E-state index in [9.17, 15) is 0 Å². The first-order chi connectivity index (χ1) is 9.72. The molecule has 0 spiro atoms. The monoisotopic (exact) mass is 346 g/mol. The summed E-state index contributed by atoms with van der Waals surface area (Å²) < 4.78 is 0. The van der Waals surface area contributed by atoms with Gasteiger partial charge < -0.3 is 5.32 Å². The van der Waals surface area contributed by atoms with E-state index in [1.54, 1.807) is 0 Å². The van der Waals surface area contributed by atoms with Crippen molar-refractivity contribution in [3.05, 3.63) is 35.4 Å². The molecule has 2 nitrogen and oxygen atoms in total. The zero-order valence-electron chi connectivity index (χ0n) is 14.2. The number of nitrogens with zero attached hydrogens (tertiary/aromatic N) is 1. The number of hydrogen-bond donors (Lipinski definition) is 1. The van der Waals surface area contributed by atoms with Gasteiger partial charge in [0.1, 0.15) is 0 Å². The lowest BCUT2D eigenvalue weighted by molar-refractivity contribution is 0.163. The van der Waals surface area contributed by atoms with Gasteiger partial charge in [-0.2, -0.15) is 0 Å². The maximum absolute atomic E-state index is 3.46. The Hall–Kier alpha value is -0.280. The normalized spacial score (nSPS) is 16.7. The van der Waals surface area contributed by atoms with Crippen molar-refractivity contribution in [2.75, 3.05) is 26.2 Å². The van der Waals surface area contributed by atoms with E-state index in [2.05, 4.69) is 55.3 Å². The highest BCUT2D eigenvalue weighted by Crippen LogP contribution is 2.28. The number of rotatable bonds is 6. The predicted molar refractivity (Wildman–Crippen MR) is 102 cm³/mol. The van der Waals surface area contributed by atoms with Crippen LogP contribution >= 0.6 is 24.8 Å². The fraction of sp³-hybridized carbons (Fsp3) is 0.667. The zero-order chi connectivity index (χ0) is 14.4. The van der Waals surface area contributed by atoms with Crippen molar-refractivity contribution >= 4 is 24.8 Å². The summed E-state index contributed by atoms with van der Waals surface area (Å²) in [7, 11) is 0. The zero-order valence-corrected chi connectivity index (χ0v) is 15.8. The molecule has 1 atom stereocenters. The molecule has 4 heteroatoms. The molecule has 0 bridgehead atoms. The van der Waals surface area contributed by atoms with Crippen LogP contribution < -0.4 is 5.32 Å². The molecule has 0 saturated carbocycles. The van der Waals surface area contributed by atoms with E-state index in [0.717, 1.165) is 13.1 Å². The van der Waals surface area contributed by atoms with Crippen LogP contribution in [0.4, 0.5) is 0 Å². The molecule has 0 radical (unpaired) electrons. The highest BCUT2D eigenvalue weighted by Gasteiger charge is 2.21. The molecule has 1 saturated heterocycles. The number of unbranched alkanes of at least 4 members (excludes halogenated alkanes) is 1. The van der Waals surface area contributed by atoms with Gasteiger partial charge in [-0.05, 0) is 23.5 Å². The van der Waals surface area contributed by atoms with Crippen LogP contribution in [0.2, 0.25) is 0 Å². The minimum Gasteiger partial charge on any atom is -0.314 e. The summed E-state index contributed by atoms with van der Waals surface area (Å²) in [5.74, 6) is 0.623. The second-order valence-corrected chi connectivity index (χ2v) is 6.27. The van der Waals surface area contributed by atoms with Gasteiger partial charge in [0.25, 0.3) is 0 Å². The fourth-order valence-electron chi connectivity index (χ4n) is 3.05. The maximum atomic E-state index is 3.46. The average molecular weight is 347 g/mol. The molecule has 0 aliphatic carbocycles. The lowest BCUT2D eigenvalue weighted by Crippen LogP contribution is -2.45. The Kier molecular flexibility index (Phi) is 11.1. The molecule has 128 valence electrons. The van der Waals surface area contributed by atoms with E-state index in [4.69, 9.17) is 0 Å². The summed E-state index contributed by atoms with van der Waals surface area (Å²) in [6.45, 7) is 11.4. The Balaban J connectivity index is 0.00000220. The highest BCUT2D eigenvalue weighted by molar-refractivity contribution is 5.85. The van der Waals surface area contributed by atoms with E-state index >= 15 is 0 Å². The quantitative estimate of drug-likeness (QED) is 0.796. The Morgan fingerprint density at radius 1 is 1.00 bits per heavy atom. The van der Waals surface area contributed by atoms with E-state index in [1.807, 2.05) is 0 Å². The van der Waals surface area contributed by atoms with Gasteiger partial charge in [0.15, 0.2) is 0 Å². The molecule has 1 aliphatic rings. The summed E-state index contributed by atoms with van der Waals surface area (Å²) in [6.07, 6.45) is 3.89. The summed E-state index contributed by atoms with van der Waals surface area (Å²) in [5.41, 5.74) is 2.95. The Morgan fingerprint density at radius 2 is 1.55 bits per heavy atom. The molecule has 1 aliphatic heterocycles. The number of piperazine rings is 1. The molecule has 0 amide bonds. The molecule has 0 unspecified atom stereocenters. The van der Waals surface area contributed by atoms with Crippen LogP contribution in [0.5, 0.6) is 0 Å².